The van der Waals surface area contributed by atoms with Crippen LogP contribution in [-0.4, -0.2) is 83.8 Å². The quantitative estimate of drug-likeness (QED) is 0.0821. The number of carbonyl (C=O) groups is 6. The van der Waals surface area contributed by atoms with Crippen molar-refractivity contribution in [1.82, 2.24) is 31.9 Å². The molecule has 0 bridgehead atoms. The van der Waals surface area contributed by atoms with E-state index in [-0.39, 0.29) is 31.8 Å². The molecule has 236 valence electrons. The fourth-order valence-electron chi connectivity index (χ4n) is 4.51. The first-order valence-corrected chi connectivity index (χ1v) is 14.3. The lowest BCUT2D eigenvalue weighted by atomic mass is 10.0. The zero-order valence-electron chi connectivity index (χ0n) is 24.2. The summed E-state index contributed by atoms with van der Waals surface area (Å²) in [6.07, 6.45) is 1.13. The van der Waals surface area contributed by atoms with Gasteiger partial charge in [0, 0.05) is 25.4 Å². The Hall–Kier alpha value is -4.69. The van der Waals surface area contributed by atoms with E-state index < -0.39 is 79.1 Å². The van der Waals surface area contributed by atoms with Crippen molar-refractivity contribution >= 4 is 41.5 Å². The van der Waals surface area contributed by atoms with Crippen molar-refractivity contribution < 1.29 is 33.9 Å². The second kappa shape index (κ2) is 18.0. The van der Waals surface area contributed by atoms with Gasteiger partial charge in [-0.1, -0.05) is 50.1 Å². The summed E-state index contributed by atoms with van der Waals surface area (Å²) in [4.78, 5) is 77.0. The summed E-state index contributed by atoms with van der Waals surface area (Å²) in [6.45, 7) is 1.65. The molecule has 0 aromatic heterocycles. The van der Waals surface area contributed by atoms with Gasteiger partial charge in [-0.2, -0.15) is 0 Å². The molecule has 43 heavy (non-hydrogen) atoms. The topological polar surface area (TPSA) is 245 Å². The van der Waals surface area contributed by atoms with Gasteiger partial charge in [0.2, 0.25) is 29.5 Å². The van der Waals surface area contributed by atoms with Crippen molar-refractivity contribution in [2.24, 2.45) is 5.73 Å². The van der Waals surface area contributed by atoms with Crippen LogP contribution in [0.3, 0.4) is 0 Å². The number of unbranched alkanes of at least 4 members (excludes halogenated alkanes) is 1. The van der Waals surface area contributed by atoms with E-state index in [1.54, 1.807) is 30.3 Å². The highest BCUT2D eigenvalue weighted by atomic mass is 16.4. The van der Waals surface area contributed by atoms with Crippen molar-refractivity contribution in [2.75, 3.05) is 13.1 Å². The molecule has 0 saturated carbocycles. The minimum absolute atomic E-state index is 0.0880. The van der Waals surface area contributed by atoms with E-state index in [0.29, 0.717) is 12.8 Å². The first kappa shape index (κ1) is 34.5. The summed E-state index contributed by atoms with van der Waals surface area (Å²) in [5.41, 5.74) is 6.04. The molecule has 15 heteroatoms. The number of guanidine groups is 1. The van der Waals surface area contributed by atoms with E-state index in [2.05, 4.69) is 31.9 Å². The normalized spacial score (nSPS) is 22.3. The summed E-state index contributed by atoms with van der Waals surface area (Å²) in [5, 5.41) is 32.1. The van der Waals surface area contributed by atoms with Crippen LogP contribution in [0, 0.1) is 5.41 Å². The average molecular weight is 603 g/mol. The Bertz CT molecular complexity index is 1150. The van der Waals surface area contributed by atoms with E-state index in [9.17, 15) is 33.9 Å². The Morgan fingerprint density at radius 1 is 0.907 bits per heavy atom. The zero-order valence-corrected chi connectivity index (χ0v) is 24.2. The largest absolute Gasteiger partial charge is 0.481 e. The van der Waals surface area contributed by atoms with Crippen LogP contribution in [0.25, 0.3) is 0 Å². The molecule has 1 aromatic carbocycles. The van der Waals surface area contributed by atoms with Gasteiger partial charge in [-0.15, -0.1) is 0 Å². The summed E-state index contributed by atoms with van der Waals surface area (Å²) < 4.78 is 0. The van der Waals surface area contributed by atoms with Crippen molar-refractivity contribution in [2.45, 2.75) is 82.5 Å². The van der Waals surface area contributed by atoms with Gasteiger partial charge in [-0.3, -0.25) is 34.2 Å². The molecule has 0 aliphatic carbocycles. The van der Waals surface area contributed by atoms with E-state index >= 15 is 0 Å². The Kier molecular flexibility index (Phi) is 14.4. The van der Waals surface area contributed by atoms with Gasteiger partial charge in [0.05, 0.1) is 13.0 Å². The number of nitrogens with one attached hydrogen (secondary N) is 7. The molecule has 0 unspecified atom stereocenters. The van der Waals surface area contributed by atoms with E-state index in [1.165, 1.54) is 0 Å². The van der Waals surface area contributed by atoms with Crippen LogP contribution in [0.2, 0.25) is 0 Å². The van der Waals surface area contributed by atoms with Crippen LogP contribution < -0.4 is 37.6 Å². The highest BCUT2D eigenvalue weighted by molar-refractivity contribution is 5.95. The van der Waals surface area contributed by atoms with Crippen molar-refractivity contribution in [3.8, 4) is 0 Å². The maximum atomic E-state index is 13.5. The number of benzene rings is 1. The standard InChI is InChI=1S/C28H42N8O7/c1-2-3-10-20-26(42)35-19(11-7-12-31-28(29)30)25(41)32-16-23(38)33-18(15-24(39)40)14-22(37)34-21(27(43)36-20)13-17-8-5-4-6-9-17/h4-6,8-9,18-21H,2-3,7,10-16H2,1H3,(H,32,41)(H,33,38)(H,34,37)(H,35,42)(H,36,43)(H,39,40)(H4,29,30,31)/t18-,19+,20+,21-/m1/s1. The molecule has 2 rings (SSSR count). The van der Waals surface area contributed by atoms with Crippen LogP contribution in [0.1, 0.15) is 57.4 Å². The molecule has 10 N–H and O–H groups in total. The number of rotatable bonds is 11. The molecular weight excluding hydrogens is 560 g/mol. The van der Waals surface area contributed by atoms with Gasteiger partial charge in [0.15, 0.2) is 5.96 Å². The third-order valence-corrected chi connectivity index (χ3v) is 6.67. The average Bonchev–Trinajstić information content (AvgIpc) is 2.94. The highest BCUT2D eigenvalue weighted by Gasteiger charge is 2.31. The van der Waals surface area contributed by atoms with Gasteiger partial charge >= 0.3 is 5.97 Å². The third kappa shape index (κ3) is 13.2. The monoisotopic (exact) mass is 602 g/mol. The minimum Gasteiger partial charge on any atom is -0.481 e. The van der Waals surface area contributed by atoms with Gasteiger partial charge in [-0.25, -0.2) is 0 Å². The van der Waals surface area contributed by atoms with E-state index in [1.807, 2.05) is 6.92 Å². The molecule has 15 nitrogen and oxygen atoms in total. The van der Waals surface area contributed by atoms with Crippen molar-refractivity contribution in [1.29, 1.82) is 5.41 Å². The Labute approximate surface area is 250 Å². The number of aliphatic carboxylic acids is 1. The maximum absolute atomic E-state index is 13.5. The molecule has 0 spiro atoms. The van der Waals surface area contributed by atoms with Crippen molar-refractivity contribution in [3.63, 3.8) is 0 Å². The Morgan fingerprint density at radius 2 is 1.53 bits per heavy atom. The molecular formula is C28H42N8O7. The lowest BCUT2D eigenvalue weighted by molar-refractivity contribution is -0.138. The van der Waals surface area contributed by atoms with E-state index in [0.717, 1.165) is 12.0 Å². The third-order valence-electron chi connectivity index (χ3n) is 6.67. The smallest absolute Gasteiger partial charge is 0.305 e. The molecule has 1 saturated heterocycles. The first-order chi connectivity index (χ1) is 20.5. The van der Waals surface area contributed by atoms with Crippen LogP contribution in [0.5, 0.6) is 0 Å². The van der Waals surface area contributed by atoms with Gasteiger partial charge < -0.3 is 42.7 Å². The maximum Gasteiger partial charge on any atom is 0.305 e. The highest BCUT2D eigenvalue weighted by Crippen LogP contribution is 2.09. The lowest BCUT2D eigenvalue weighted by Crippen LogP contribution is -2.58. The minimum atomic E-state index is -1.25. The predicted molar refractivity (Wildman–Crippen MR) is 156 cm³/mol. The zero-order chi connectivity index (χ0) is 31.8. The van der Waals surface area contributed by atoms with Gasteiger partial charge in [-0.05, 0) is 24.8 Å². The first-order valence-electron chi connectivity index (χ1n) is 14.3. The fourth-order valence-corrected chi connectivity index (χ4v) is 4.51. The van der Waals surface area contributed by atoms with Crippen LogP contribution in [-0.2, 0) is 35.2 Å². The van der Waals surface area contributed by atoms with Gasteiger partial charge in [0.1, 0.15) is 18.1 Å². The molecule has 5 amide bonds. The number of carboxylic acids is 1. The van der Waals surface area contributed by atoms with Gasteiger partial charge in [0.25, 0.3) is 0 Å². The number of hydrogen-bond donors (Lipinski definition) is 9. The predicted octanol–water partition coefficient (Wildman–Crippen LogP) is -1.38. The number of amides is 5. The molecule has 1 aromatic rings. The van der Waals surface area contributed by atoms with E-state index in [4.69, 9.17) is 11.1 Å². The summed E-state index contributed by atoms with van der Waals surface area (Å²) in [7, 11) is 0. The molecule has 0 radical (unpaired) electrons. The SMILES string of the molecule is CCCC[C@@H]1NC(=O)[C@@H](Cc2ccccc2)NC(=O)C[C@H](CC(=O)O)NC(=O)CNC(=O)[C@H](CCCNC(=N)N)NC1=O. The lowest BCUT2D eigenvalue weighted by Gasteiger charge is -2.26. The number of carboxylic acid groups (broad SMARTS) is 1. The van der Waals surface area contributed by atoms with Crippen molar-refractivity contribution in [3.05, 3.63) is 35.9 Å². The second-order valence-corrected chi connectivity index (χ2v) is 10.3. The fraction of sp³-hybridized carbons (Fsp3) is 0.536. The number of hydrogen-bond acceptors (Lipinski definition) is 7. The van der Waals surface area contributed by atoms with Crippen LogP contribution in [0.15, 0.2) is 30.3 Å². The summed E-state index contributed by atoms with van der Waals surface area (Å²) in [5.74, 6) is -4.83. The summed E-state index contributed by atoms with van der Waals surface area (Å²) in [6, 6.07) is 4.57. The summed E-state index contributed by atoms with van der Waals surface area (Å²) >= 11 is 0. The second-order valence-electron chi connectivity index (χ2n) is 10.3. The Morgan fingerprint density at radius 3 is 2.16 bits per heavy atom. The molecule has 1 fully saturated rings. The molecule has 1 heterocycles. The molecule has 1 aliphatic rings. The molecule has 1 aliphatic heterocycles. The van der Waals surface area contributed by atoms with Crippen LogP contribution in [0.4, 0.5) is 0 Å². The number of nitrogens with two attached hydrogens (primary N) is 1. The number of carbonyl (C=O) groups excluding carboxylic acids is 5. The Balaban J connectivity index is 2.39. The van der Waals surface area contributed by atoms with Crippen LogP contribution >= 0.6 is 0 Å². The molecule has 4 atom stereocenters.